The summed E-state index contributed by atoms with van der Waals surface area (Å²) < 4.78 is 1.25. The van der Waals surface area contributed by atoms with Crippen LogP contribution in [0.25, 0.3) is 10.2 Å². The maximum Gasteiger partial charge on any atom is 0.237 e. The fraction of sp³-hybridized carbons (Fsp3) is 0.364. The molecule has 0 spiro atoms. The summed E-state index contributed by atoms with van der Waals surface area (Å²) in [5.74, 6) is 0.100. The fourth-order valence-electron chi connectivity index (χ4n) is 3.59. The lowest BCUT2D eigenvalue weighted by Gasteiger charge is -2.37. The number of amides is 1. The second kappa shape index (κ2) is 8.82. The van der Waals surface area contributed by atoms with E-state index in [1.165, 1.54) is 9.71 Å². The van der Waals surface area contributed by atoms with E-state index >= 15 is 0 Å². The number of piperazine rings is 1. The third kappa shape index (κ3) is 4.58. The molecular formula is C22H26N4OS. The SMILES string of the molecule is C[C@@H](C(=O)NCc1ccccc1)N1CCN(Cc2nc3ccccc3s2)CC1. The maximum atomic E-state index is 12.5. The summed E-state index contributed by atoms with van der Waals surface area (Å²) in [7, 11) is 0. The Hall–Kier alpha value is -2.28. The summed E-state index contributed by atoms with van der Waals surface area (Å²) in [6, 6.07) is 18.2. The van der Waals surface area contributed by atoms with Crippen LogP contribution in [-0.4, -0.2) is 52.9 Å². The van der Waals surface area contributed by atoms with Crippen LogP contribution in [0.15, 0.2) is 54.6 Å². The Morgan fingerprint density at radius 2 is 1.79 bits per heavy atom. The Kier molecular flexibility index (Phi) is 6.00. The summed E-state index contributed by atoms with van der Waals surface area (Å²) >= 11 is 1.78. The molecule has 0 saturated carbocycles. The number of fused-ring (bicyclic) bond motifs is 1. The molecule has 4 rings (SSSR count). The number of hydrogen-bond donors (Lipinski definition) is 1. The molecule has 1 atom stereocenters. The van der Waals surface area contributed by atoms with Crippen molar-refractivity contribution in [2.24, 2.45) is 0 Å². The van der Waals surface area contributed by atoms with E-state index in [1.807, 2.05) is 43.3 Å². The van der Waals surface area contributed by atoms with Crippen LogP contribution in [0, 0.1) is 0 Å². The van der Waals surface area contributed by atoms with Crippen LogP contribution in [0.3, 0.4) is 0 Å². The van der Waals surface area contributed by atoms with Gasteiger partial charge in [0.05, 0.1) is 22.8 Å². The third-order valence-electron chi connectivity index (χ3n) is 5.34. The molecule has 0 radical (unpaired) electrons. The number of aromatic nitrogens is 1. The van der Waals surface area contributed by atoms with Crippen LogP contribution in [0.4, 0.5) is 0 Å². The highest BCUT2D eigenvalue weighted by atomic mass is 32.1. The number of thiazole rings is 1. The van der Waals surface area contributed by atoms with Crippen LogP contribution in [0.1, 0.15) is 17.5 Å². The zero-order chi connectivity index (χ0) is 19.3. The molecule has 1 aliphatic heterocycles. The molecule has 28 heavy (non-hydrogen) atoms. The first kappa shape index (κ1) is 19.1. The van der Waals surface area contributed by atoms with Crippen LogP contribution in [0.2, 0.25) is 0 Å². The summed E-state index contributed by atoms with van der Waals surface area (Å²) in [6.45, 7) is 7.22. The van der Waals surface area contributed by atoms with E-state index in [4.69, 9.17) is 4.98 Å². The number of para-hydroxylation sites is 1. The Balaban J connectivity index is 1.25. The van der Waals surface area contributed by atoms with Crippen molar-refractivity contribution in [2.45, 2.75) is 26.1 Å². The summed E-state index contributed by atoms with van der Waals surface area (Å²) in [6.07, 6.45) is 0. The quantitative estimate of drug-likeness (QED) is 0.698. The smallest absolute Gasteiger partial charge is 0.237 e. The van der Waals surface area contributed by atoms with Crippen LogP contribution in [0.5, 0.6) is 0 Å². The Morgan fingerprint density at radius 1 is 1.07 bits per heavy atom. The maximum absolute atomic E-state index is 12.5. The van der Waals surface area contributed by atoms with Crippen molar-refractivity contribution < 1.29 is 4.79 Å². The summed E-state index contributed by atoms with van der Waals surface area (Å²) in [5.41, 5.74) is 2.22. The highest BCUT2D eigenvalue weighted by Gasteiger charge is 2.25. The van der Waals surface area contributed by atoms with Crippen molar-refractivity contribution in [1.29, 1.82) is 0 Å². The number of nitrogens with one attached hydrogen (secondary N) is 1. The first-order valence-corrected chi connectivity index (χ1v) is 10.6. The second-order valence-corrected chi connectivity index (χ2v) is 8.38. The molecule has 0 unspecified atom stereocenters. The third-order valence-corrected chi connectivity index (χ3v) is 6.36. The minimum absolute atomic E-state index is 0.100. The minimum Gasteiger partial charge on any atom is -0.351 e. The van der Waals surface area contributed by atoms with Gasteiger partial charge in [-0.2, -0.15) is 0 Å². The minimum atomic E-state index is -0.103. The van der Waals surface area contributed by atoms with Gasteiger partial charge in [-0.3, -0.25) is 14.6 Å². The molecule has 2 aromatic carbocycles. The average Bonchev–Trinajstić information content (AvgIpc) is 3.15. The Labute approximate surface area is 170 Å². The molecule has 1 saturated heterocycles. The van der Waals surface area contributed by atoms with Gasteiger partial charge in [0.15, 0.2) is 0 Å². The van der Waals surface area contributed by atoms with Crippen molar-refractivity contribution in [3.63, 3.8) is 0 Å². The number of carbonyl (C=O) groups is 1. The lowest BCUT2D eigenvalue weighted by atomic mass is 10.2. The monoisotopic (exact) mass is 394 g/mol. The fourth-order valence-corrected chi connectivity index (χ4v) is 4.60. The molecule has 1 fully saturated rings. The average molecular weight is 395 g/mol. The van der Waals surface area contributed by atoms with Gasteiger partial charge < -0.3 is 5.32 Å². The Morgan fingerprint density at radius 3 is 2.54 bits per heavy atom. The van der Waals surface area contributed by atoms with Crippen LogP contribution >= 0.6 is 11.3 Å². The predicted octanol–water partition coefficient (Wildman–Crippen LogP) is 3.12. The van der Waals surface area contributed by atoms with Gasteiger partial charge in [-0.25, -0.2) is 4.98 Å². The van der Waals surface area contributed by atoms with E-state index in [1.54, 1.807) is 11.3 Å². The topological polar surface area (TPSA) is 48.5 Å². The number of carbonyl (C=O) groups excluding carboxylic acids is 1. The summed E-state index contributed by atoms with van der Waals surface area (Å²) in [5, 5.41) is 4.23. The number of hydrogen-bond acceptors (Lipinski definition) is 5. The van der Waals surface area contributed by atoms with Gasteiger partial charge in [0.1, 0.15) is 5.01 Å². The van der Waals surface area contributed by atoms with Crippen molar-refractivity contribution >= 4 is 27.5 Å². The normalized spacial score (nSPS) is 16.9. The molecule has 2 heterocycles. The first-order chi connectivity index (χ1) is 13.7. The van der Waals surface area contributed by atoms with Gasteiger partial charge >= 0.3 is 0 Å². The molecule has 1 aromatic heterocycles. The molecule has 0 bridgehead atoms. The van der Waals surface area contributed by atoms with E-state index in [-0.39, 0.29) is 11.9 Å². The lowest BCUT2D eigenvalue weighted by molar-refractivity contribution is -0.126. The van der Waals surface area contributed by atoms with Gasteiger partial charge in [0.25, 0.3) is 0 Å². The largest absolute Gasteiger partial charge is 0.351 e. The highest BCUT2D eigenvalue weighted by Crippen LogP contribution is 2.23. The Bertz CT molecular complexity index is 885. The van der Waals surface area contributed by atoms with Crippen molar-refractivity contribution in [2.75, 3.05) is 26.2 Å². The molecule has 146 valence electrons. The van der Waals surface area contributed by atoms with E-state index in [9.17, 15) is 4.79 Å². The van der Waals surface area contributed by atoms with E-state index in [0.29, 0.717) is 6.54 Å². The summed E-state index contributed by atoms with van der Waals surface area (Å²) in [4.78, 5) is 22.0. The number of benzene rings is 2. The molecule has 1 amide bonds. The van der Waals surface area contributed by atoms with Gasteiger partial charge in [0.2, 0.25) is 5.91 Å². The van der Waals surface area contributed by atoms with Crippen LogP contribution in [-0.2, 0) is 17.9 Å². The van der Waals surface area contributed by atoms with Gasteiger partial charge in [0, 0.05) is 32.7 Å². The molecule has 5 nitrogen and oxygen atoms in total. The number of nitrogens with zero attached hydrogens (tertiary/aromatic N) is 3. The molecule has 1 aliphatic rings. The van der Waals surface area contributed by atoms with Crippen molar-refractivity contribution in [1.82, 2.24) is 20.1 Å². The second-order valence-electron chi connectivity index (χ2n) is 7.27. The van der Waals surface area contributed by atoms with E-state index in [2.05, 4.69) is 33.3 Å². The van der Waals surface area contributed by atoms with Crippen molar-refractivity contribution in [3.05, 3.63) is 65.2 Å². The van der Waals surface area contributed by atoms with E-state index < -0.39 is 0 Å². The molecule has 3 aromatic rings. The van der Waals surface area contributed by atoms with Crippen molar-refractivity contribution in [3.8, 4) is 0 Å². The molecule has 6 heteroatoms. The molecule has 0 aliphatic carbocycles. The zero-order valence-electron chi connectivity index (χ0n) is 16.2. The van der Waals surface area contributed by atoms with Crippen LogP contribution < -0.4 is 5.32 Å². The van der Waals surface area contributed by atoms with E-state index in [0.717, 1.165) is 43.8 Å². The van der Waals surface area contributed by atoms with Gasteiger partial charge in [-0.05, 0) is 24.6 Å². The van der Waals surface area contributed by atoms with Gasteiger partial charge in [-0.1, -0.05) is 42.5 Å². The molecule has 1 N–H and O–H groups in total. The van der Waals surface area contributed by atoms with Gasteiger partial charge in [-0.15, -0.1) is 11.3 Å². The lowest BCUT2D eigenvalue weighted by Crippen LogP contribution is -2.53. The molecular weight excluding hydrogens is 368 g/mol. The zero-order valence-corrected chi connectivity index (χ0v) is 17.0. The number of rotatable bonds is 6. The first-order valence-electron chi connectivity index (χ1n) is 9.81. The highest BCUT2D eigenvalue weighted by molar-refractivity contribution is 7.18. The standard InChI is InChI=1S/C22H26N4OS/c1-17(22(27)23-15-18-7-3-2-4-8-18)26-13-11-25(12-14-26)16-21-24-19-9-5-6-10-20(19)28-21/h2-10,17H,11-16H2,1H3,(H,23,27)/t17-/m0/s1. The predicted molar refractivity (Wildman–Crippen MR) is 114 cm³/mol.